The van der Waals surface area contributed by atoms with Gasteiger partial charge in [0.1, 0.15) is 12.3 Å². The first-order chi connectivity index (χ1) is 20.5. The average Bonchev–Trinajstić information content (AvgIpc) is 2.97. The third-order valence-corrected chi connectivity index (χ3v) is 9.75. The molecule has 0 N–H and O–H groups in total. The summed E-state index contributed by atoms with van der Waals surface area (Å²) in [5, 5.41) is 0. The Kier molecular flexibility index (Phi) is 50.0. The standard InChI is InChI=1S/2C18H37O2P.Co/c2*1-2-3-4-5-6-7-8-9-10-11-12-13-14-15-16-17-18-21(19)20;/h2*2-18H2,1H3;/q;;+2. The minimum Gasteiger partial charge on any atom is -0.596 e. The van der Waals surface area contributed by atoms with Gasteiger partial charge in [0, 0.05) is 0 Å². The fourth-order valence-corrected chi connectivity index (χ4v) is 6.54. The Labute approximate surface area is 282 Å². The van der Waals surface area contributed by atoms with Crippen molar-refractivity contribution in [2.75, 3.05) is 12.3 Å². The average molecular weight is 692 g/mol. The zero-order valence-corrected chi connectivity index (χ0v) is 31.7. The SMILES string of the molecule is CCCCCCCCCCCCCCCCCC[P+](=O)[O-].CCCCCCCCCCCCCCCCCC[P+](=O)[O-].[Co+2]. The van der Waals surface area contributed by atoms with Gasteiger partial charge in [0.2, 0.25) is 0 Å². The molecule has 4 nitrogen and oxygen atoms in total. The molecule has 0 amide bonds. The molecule has 0 aromatic rings. The van der Waals surface area contributed by atoms with Crippen LogP contribution in [0.1, 0.15) is 219 Å². The molecule has 0 fully saturated rings. The molecule has 0 aromatic carbocycles. The summed E-state index contributed by atoms with van der Waals surface area (Å²) in [5.74, 6) is 0. The van der Waals surface area contributed by atoms with E-state index in [-0.39, 0.29) is 16.8 Å². The summed E-state index contributed by atoms with van der Waals surface area (Å²) < 4.78 is 20.8. The summed E-state index contributed by atoms with van der Waals surface area (Å²) >= 11 is 0. The van der Waals surface area contributed by atoms with Gasteiger partial charge in [-0.25, -0.2) is 0 Å². The van der Waals surface area contributed by atoms with Crippen LogP contribution in [0.25, 0.3) is 0 Å². The van der Waals surface area contributed by atoms with E-state index in [0.29, 0.717) is 12.3 Å². The van der Waals surface area contributed by atoms with E-state index in [1.54, 1.807) is 0 Å². The zero-order chi connectivity index (χ0) is 31.2. The molecule has 2 unspecified atom stereocenters. The van der Waals surface area contributed by atoms with E-state index in [9.17, 15) is 18.9 Å². The van der Waals surface area contributed by atoms with Crippen LogP contribution in [-0.4, -0.2) is 12.3 Å². The predicted molar refractivity (Wildman–Crippen MR) is 184 cm³/mol. The molecule has 0 saturated heterocycles. The van der Waals surface area contributed by atoms with Gasteiger partial charge < -0.3 is 9.79 Å². The number of unbranched alkanes of at least 4 members (excludes halogenated alkanes) is 30. The molecular weight excluding hydrogens is 617 g/mol. The largest absolute Gasteiger partial charge is 2.00 e. The molecular formula is C36H74CoO4P2+2. The van der Waals surface area contributed by atoms with E-state index in [4.69, 9.17) is 0 Å². The Bertz CT molecular complexity index is 491. The van der Waals surface area contributed by atoms with Crippen molar-refractivity contribution in [2.45, 2.75) is 219 Å². The molecule has 0 aliphatic heterocycles. The van der Waals surface area contributed by atoms with E-state index in [1.807, 2.05) is 0 Å². The number of rotatable bonds is 34. The second kappa shape index (κ2) is 44.8. The molecule has 7 heteroatoms. The van der Waals surface area contributed by atoms with Crippen molar-refractivity contribution in [1.82, 2.24) is 0 Å². The Morgan fingerprint density at radius 2 is 0.442 bits per heavy atom. The van der Waals surface area contributed by atoms with Crippen LogP contribution >= 0.6 is 16.1 Å². The van der Waals surface area contributed by atoms with Gasteiger partial charge >= 0.3 is 32.8 Å². The Balaban J connectivity index is -0.000000727. The summed E-state index contributed by atoms with van der Waals surface area (Å²) in [7, 11) is -4.29. The summed E-state index contributed by atoms with van der Waals surface area (Å²) in [4.78, 5) is 20.8. The van der Waals surface area contributed by atoms with Crippen LogP contribution in [0.15, 0.2) is 0 Å². The minimum atomic E-state index is -2.14. The summed E-state index contributed by atoms with van der Waals surface area (Å²) in [5.41, 5.74) is 0. The van der Waals surface area contributed by atoms with Crippen LogP contribution < -0.4 is 9.79 Å². The van der Waals surface area contributed by atoms with E-state index < -0.39 is 16.1 Å². The summed E-state index contributed by atoms with van der Waals surface area (Å²) in [6.07, 6.45) is 43.4. The predicted octanol–water partition coefficient (Wildman–Crippen LogP) is 12.7. The van der Waals surface area contributed by atoms with E-state index in [1.165, 1.54) is 180 Å². The van der Waals surface area contributed by atoms with Crippen molar-refractivity contribution in [3.05, 3.63) is 0 Å². The van der Waals surface area contributed by atoms with E-state index in [2.05, 4.69) is 13.8 Å². The minimum absolute atomic E-state index is 0. The topological polar surface area (TPSA) is 80.3 Å². The van der Waals surface area contributed by atoms with Crippen LogP contribution in [0.3, 0.4) is 0 Å². The van der Waals surface area contributed by atoms with Gasteiger partial charge in [0.15, 0.2) is 0 Å². The smallest absolute Gasteiger partial charge is 0.596 e. The fraction of sp³-hybridized carbons (Fsp3) is 1.00. The van der Waals surface area contributed by atoms with Gasteiger partial charge in [-0.2, -0.15) is 0 Å². The van der Waals surface area contributed by atoms with Crippen molar-refractivity contribution in [3.63, 3.8) is 0 Å². The molecule has 0 aromatic heterocycles. The maximum Gasteiger partial charge on any atom is 2.00 e. The van der Waals surface area contributed by atoms with Crippen LogP contribution in [-0.2, 0) is 25.9 Å². The molecule has 0 aliphatic rings. The van der Waals surface area contributed by atoms with Gasteiger partial charge in [-0.05, 0) is 25.7 Å². The molecule has 0 saturated carbocycles. The first kappa shape index (κ1) is 48.0. The Morgan fingerprint density at radius 1 is 0.302 bits per heavy atom. The van der Waals surface area contributed by atoms with E-state index in [0.717, 1.165) is 25.7 Å². The molecule has 1 radical (unpaired) electrons. The zero-order valence-electron chi connectivity index (χ0n) is 28.9. The monoisotopic (exact) mass is 691 g/mol. The van der Waals surface area contributed by atoms with Crippen LogP contribution in [0.2, 0.25) is 0 Å². The van der Waals surface area contributed by atoms with Gasteiger partial charge in [-0.15, -0.1) is 0 Å². The molecule has 259 valence electrons. The quantitative estimate of drug-likeness (QED) is 0.0497. The van der Waals surface area contributed by atoms with Gasteiger partial charge in [-0.1, -0.05) is 203 Å². The molecule has 43 heavy (non-hydrogen) atoms. The third-order valence-electron chi connectivity index (χ3n) is 8.39. The molecule has 0 spiro atoms. The van der Waals surface area contributed by atoms with Crippen molar-refractivity contribution >= 4 is 16.1 Å². The Morgan fingerprint density at radius 3 is 0.581 bits per heavy atom. The van der Waals surface area contributed by atoms with Gasteiger partial charge in [0.05, 0.1) is 0 Å². The normalized spacial score (nSPS) is 11.5. The molecule has 0 heterocycles. The van der Waals surface area contributed by atoms with Gasteiger partial charge in [-0.3, -0.25) is 0 Å². The second-order valence-corrected chi connectivity index (χ2v) is 14.9. The molecule has 0 aliphatic carbocycles. The van der Waals surface area contributed by atoms with Crippen molar-refractivity contribution in [2.24, 2.45) is 0 Å². The van der Waals surface area contributed by atoms with E-state index >= 15 is 0 Å². The third kappa shape index (κ3) is 52.4. The molecule has 0 bridgehead atoms. The van der Waals surface area contributed by atoms with Crippen molar-refractivity contribution in [3.8, 4) is 0 Å². The maximum atomic E-state index is 10.4. The van der Waals surface area contributed by atoms with Crippen LogP contribution in [0.4, 0.5) is 0 Å². The van der Waals surface area contributed by atoms with Crippen LogP contribution in [0.5, 0.6) is 0 Å². The Hall–Kier alpha value is 0.626. The number of hydrogen-bond donors (Lipinski definition) is 0. The maximum absolute atomic E-state index is 10.4. The first-order valence-electron chi connectivity index (χ1n) is 18.8. The summed E-state index contributed by atoms with van der Waals surface area (Å²) in [6.45, 7) is 4.55. The van der Waals surface area contributed by atoms with Crippen molar-refractivity contribution < 1.29 is 35.7 Å². The molecule has 0 rings (SSSR count). The molecule has 2 atom stereocenters. The first-order valence-corrected chi connectivity index (χ1v) is 21.5. The number of hydrogen-bond acceptors (Lipinski definition) is 4. The summed E-state index contributed by atoms with van der Waals surface area (Å²) in [6, 6.07) is 0. The second-order valence-electron chi connectivity index (χ2n) is 12.7. The van der Waals surface area contributed by atoms with Crippen molar-refractivity contribution in [1.29, 1.82) is 0 Å². The van der Waals surface area contributed by atoms with Gasteiger partial charge in [0.25, 0.3) is 0 Å². The fourth-order valence-electron chi connectivity index (χ4n) is 5.58. The van der Waals surface area contributed by atoms with Crippen LogP contribution in [0, 0.1) is 0 Å².